The van der Waals surface area contributed by atoms with Gasteiger partial charge < -0.3 is 11.1 Å². The molecule has 6 nitrogen and oxygen atoms in total. The number of benzene rings is 1. The molecule has 104 valence electrons. The number of carbonyl (C=O) groups is 3. The maximum absolute atomic E-state index is 12.6. The number of rotatable bonds is 2. The zero-order chi connectivity index (χ0) is 14.3. The highest BCUT2D eigenvalue weighted by molar-refractivity contribution is 6.09. The van der Waals surface area contributed by atoms with Gasteiger partial charge in [0, 0.05) is 0 Å². The Morgan fingerprint density at radius 3 is 2.85 bits per heavy atom. The van der Waals surface area contributed by atoms with Crippen molar-refractivity contribution in [3.05, 3.63) is 35.4 Å². The van der Waals surface area contributed by atoms with E-state index in [1.165, 1.54) is 0 Å². The normalized spacial score (nSPS) is 24.7. The number of carbonyl (C=O) groups excluding carboxylic acids is 3. The lowest BCUT2D eigenvalue weighted by Gasteiger charge is -2.33. The fraction of sp³-hybridized carbons (Fsp3) is 0.357. The van der Waals surface area contributed by atoms with Gasteiger partial charge in [0.2, 0.25) is 5.91 Å². The summed E-state index contributed by atoms with van der Waals surface area (Å²) in [5, 5.41) is 2.76. The second kappa shape index (κ2) is 4.33. The maximum atomic E-state index is 12.6. The van der Waals surface area contributed by atoms with Crippen LogP contribution in [0.4, 0.5) is 4.79 Å². The molecule has 4 amide bonds. The molecule has 1 fully saturated rings. The number of urea groups is 1. The second-order valence-corrected chi connectivity index (χ2v) is 5.20. The Balaban J connectivity index is 2.05. The minimum Gasteiger partial charge on any atom is -0.368 e. The van der Waals surface area contributed by atoms with Crippen molar-refractivity contribution in [2.75, 3.05) is 6.54 Å². The van der Waals surface area contributed by atoms with E-state index in [1.54, 1.807) is 0 Å². The number of hydrogen-bond acceptors (Lipinski definition) is 3. The summed E-state index contributed by atoms with van der Waals surface area (Å²) >= 11 is 0. The average Bonchev–Trinajstić information content (AvgIpc) is 2.64. The molecule has 0 radical (unpaired) electrons. The third-order valence-corrected chi connectivity index (χ3v) is 3.96. The van der Waals surface area contributed by atoms with Crippen LogP contribution in [0.25, 0.3) is 0 Å². The highest BCUT2D eigenvalue weighted by Crippen LogP contribution is 2.39. The van der Waals surface area contributed by atoms with Gasteiger partial charge in [0.25, 0.3) is 5.91 Å². The van der Waals surface area contributed by atoms with Crippen LogP contribution in [0.5, 0.6) is 0 Å². The molecule has 0 unspecified atom stereocenters. The number of nitrogens with two attached hydrogens (primary N) is 1. The maximum Gasteiger partial charge on any atom is 0.325 e. The van der Waals surface area contributed by atoms with Gasteiger partial charge in [0.05, 0.1) is 0 Å². The van der Waals surface area contributed by atoms with Crippen LogP contribution in [0.3, 0.4) is 0 Å². The van der Waals surface area contributed by atoms with Crippen molar-refractivity contribution in [3.8, 4) is 0 Å². The smallest absolute Gasteiger partial charge is 0.325 e. The molecular formula is C14H15N3O3. The lowest BCUT2D eigenvalue weighted by atomic mass is 9.76. The minimum atomic E-state index is -1.03. The van der Waals surface area contributed by atoms with E-state index in [-0.39, 0.29) is 12.5 Å². The molecule has 2 aliphatic rings. The zero-order valence-electron chi connectivity index (χ0n) is 10.9. The Morgan fingerprint density at radius 2 is 2.10 bits per heavy atom. The molecule has 1 atom stereocenters. The molecule has 1 aliphatic heterocycles. The van der Waals surface area contributed by atoms with Crippen LogP contribution in [-0.4, -0.2) is 29.3 Å². The van der Waals surface area contributed by atoms with Gasteiger partial charge in [-0.2, -0.15) is 0 Å². The summed E-state index contributed by atoms with van der Waals surface area (Å²) in [6, 6.07) is 7.04. The molecule has 1 aliphatic carbocycles. The summed E-state index contributed by atoms with van der Waals surface area (Å²) in [5.41, 5.74) is 5.96. The minimum absolute atomic E-state index is 0.380. The first kappa shape index (κ1) is 12.7. The van der Waals surface area contributed by atoms with E-state index in [1.807, 2.05) is 24.3 Å². The lowest BCUT2D eigenvalue weighted by Crippen LogP contribution is -2.47. The van der Waals surface area contributed by atoms with E-state index in [4.69, 9.17) is 5.73 Å². The SMILES string of the molecule is NC(=O)CN1C(=O)N[C@]2(CCCc3ccccc32)C1=O. The molecule has 20 heavy (non-hydrogen) atoms. The third-order valence-electron chi connectivity index (χ3n) is 3.96. The van der Waals surface area contributed by atoms with Gasteiger partial charge in [-0.3, -0.25) is 14.5 Å². The first-order chi connectivity index (χ1) is 9.54. The number of imide groups is 1. The molecule has 1 spiro atoms. The number of nitrogens with one attached hydrogen (secondary N) is 1. The molecule has 3 N–H and O–H groups in total. The van der Waals surface area contributed by atoms with Crippen molar-refractivity contribution < 1.29 is 14.4 Å². The van der Waals surface area contributed by atoms with Crippen LogP contribution in [0.1, 0.15) is 24.0 Å². The van der Waals surface area contributed by atoms with Crippen molar-refractivity contribution in [1.82, 2.24) is 10.2 Å². The molecule has 0 bridgehead atoms. The molecule has 0 aromatic heterocycles. The monoisotopic (exact) mass is 273 g/mol. The summed E-state index contributed by atoms with van der Waals surface area (Å²) < 4.78 is 0. The quantitative estimate of drug-likeness (QED) is 0.757. The fourth-order valence-corrected chi connectivity index (χ4v) is 3.11. The van der Waals surface area contributed by atoms with E-state index < -0.39 is 17.5 Å². The van der Waals surface area contributed by atoms with Crippen molar-refractivity contribution in [2.24, 2.45) is 5.73 Å². The van der Waals surface area contributed by atoms with Gasteiger partial charge in [-0.15, -0.1) is 0 Å². The number of nitrogens with zero attached hydrogens (tertiary/aromatic N) is 1. The second-order valence-electron chi connectivity index (χ2n) is 5.20. The number of hydrogen-bond donors (Lipinski definition) is 2. The van der Waals surface area contributed by atoms with Gasteiger partial charge in [-0.1, -0.05) is 24.3 Å². The molecular weight excluding hydrogens is 258 g/mol. The van der Waals surface area contributed by atoms with Crippen molar-refractivity contribution >= 4 is 17.8 Å². The Labute approximate surface area is 115 Å². The highest BCUT2D eigenvalue weighted by atomic mass is 16.2. The van der Waals surface area contributed by atoms with Crippen LogP contribution >= 0.6 is 0 Å². The molecule has 1 aromatic rings. The van der Waals surface area contributed by atoms with E-state index in [9.17, 15) is 14.4 Å². The Morgan fingerprint density at radius 1 is 1.35 bits per heavy atom. The van der Waals surface area contributed by atoms with Gasteiger partial charge in [0.1, 0.15) is 12.1 Å². The summed E-state index contributed by atoms with van der Waals surface area (Å²) in [6.07, 6.45) is 2.24. The van der Waals surface area contributed by atoms with Crippen LogP contribution in [-0.2, 0) is 21.5 Å². The Hall–Kier alpha value is -2.37. The summed E-state index contributed by atoms with van der Waals surface area (Å²) in [7, 11) is 0. The Kier molecular flexibility index (Phi) is 2.74. The lowest BCUT2D eigenvalue weighted by molar-refractivity contribution is -0.135. The predicted molar refractivity (Wildman–Crippen MR) is 70.5 cm³/mol. The molecule has 6 heteroatoms. The van der Waals surface area contributed by atoms with Crippen LogP contribution in [0.15, 0.2) is 24.3 Å². The topological polar surface area (TPSA) is 92.5 Å². The van der Waals surface area contributed by atoms with E-state index >= 15 is 0 Å². The zero-order valence-corrected chi connectivity index (χ0v) is 10.9. The average molecular weight is 273 g/mol. The van der Waals surface area contributed by atoms with Crippen LogP contribution in [0.2, 0.25) is 0 Å². The van der Waals surface area contributed by atoms with Crippen molar-refractivity contribution in [3.63, 3.8) is 0 Å². The standard InChI is InChI=1S/C14H15N3O3/c15-11(18)8-17-12(19)14(16-13(17)20)7-3-5-9-4-1-2-6-10(9)14/h1-2,4,6H,3,5,7-8H2,(H2,15,18)(H,16,20)/t14-/m0/s1. The number of fused-ring (bicyclic) bond motifs is 2. The predicted octanol–water partition coefficient (Wildman–Crippen LogP) is 0.255. The van der Waals surface area contributed by atoms with Crippen LogP contribution < -0.4 is 11.1 Å². The largest absolute Gasteiger partial charge is 0.368 e. The molecule has 0 saturated carbocycles. The number of primary amides is 1. The van der Waals surface area contributed by atoms with Crippen LogP contribution in [0, 0.1) is 0 Å². The van der Waals surface area contributed by atoms with E-state index in [2.05, 4.69) is 5.32 Å². The third kappa shape index (κ3) is 1.68. The van der Waals surface area contributed by atoms with E-state index in [0.717, 1.165) is 28.9 Å². The molecule has 1 aromatic carbocycles. The fourth-order valence-electron chi connectivity index (χ4n) is 3.11. The first-order valence-corrected chi connectivity index (χ1v) is 6.55. The summed E-state index contributed by atoms with van der Waals surface area (Å²) in [5.74, 6) is -1.08. The Bertz CT molecular complexity index is 613. The summed E-state index contributed by atoms with van der Waals surface area (Å²) in [6.45, 7) is -0.380. The van der Waals surface area contributed by atoms with E-state index in [0.29, 0.717) is 6.42 Å². The van der Waals surface area contributed by atoms with Gasteiger partial charge in [-0.05, 0) is 30.4 Å². The number of amides is 4. The number of aryl methyl sites for hydroxylation is 1. The van der Waals surface area contributed by atoms with Gasteiger partial charge >= 0.3 is 6.03 Å². The molecule has 1 saturated heterocycles. The van der Waals surface area contributed by atoms with Crippen molar-refractivity contribution in [2.45, 2.75) is 24.8 Å². The summed E-state index contributed by atoms with van der Waals surface area (Å²) in [4.78, 5) is 36.5. The highest BCUT2D eigenvalue weighted by Gasteiger charge is 2.54. The van der Waals surface area contributed by atoms with Gasteiger partial charge in [0.15, 0.2) is 0 Å². The van der Waals surface area contributed by atoms with Crippen molar-refractivity contribution in [1.29, 1.82) is 0 Å². The molecule has 1 heterocycles. The molecule has 3 rings (SSSR count). The van der Waals surface area contributed by atoms with Gasteiger partial charge in [-0.25, -0.2) is 4.79 Å². The first-order valence-electron chi connectivity index (χ1n) is 6.55.